The maximum absolute atomic E-state index is 13.2. The van der Waals surface area contributed by atoms with Crippen LogP contribution in [0.25, 0.3) is 0 Å². The van der Waals surface area contributed by atoms with E-state index in [0.717, 1.165) is 30.9 Å². The maximum Gasteiger partial charge on any atom is 0.251 e. The smallest absolute Gasteiger partial charge is 0.251 e. The maximum atomic E-state index is 13.2. The van der Waals surface area contributed by atoms with E-state index in [9.17, 15) is 23.2 Å². The molecule has 3 rings (SSSR count). The first kappa shape index (κ1) is 21.2. The molecule has 4 N–H and O–H groups in total. The van der Waals surface area contributed by atoms with Crippen LogP contribution in [-0.4, -0.2) is 37.4 Å². The number of primary amides is 1. The van der Waals surface area contributed by atoms with Crippen LogP contribution in [0.3, 0.4) is 0 Å². The van der Waals surface area contributed by atoms with Gasteiger partial charge in [-0.2, -0.15) is 0 Å². The van der Waals surface area contributed by atoms with E-state index in [-0.39, 0.29) is 23.9 Å². The van der Waals surface area contributed by atoms with Crippen LogP contribution in [-0.2, 0) is 9.59 Å². The SMILES string of the molecule is NC(=O)C1CCN(c2ccc(NC(=O)CNC(=O)c3cc(F)cc(F)c3)cc2)CC1. The number of nitrogens with one attached hydrogen (secondary N) is 2. The molecule has 0 radical (unpaired) electrons. The van der Waals surface area contributed by atoms with E-state index in [1.54, 1.807) is 12.1 Å². The predicted octanol–water partition coefficient (Wildman–Crippen LogP) is 2.03. The van der Waals surface area contributed by atoms with Crippen molar-refractivity contribution in [2.24, 2.45) is 11.7 Å². The topological polar surface area (TPSA) is 105 Å². The van der Waals surface area contributed by atoms with Gasteiger partial charge in [0.15, 0.2) is 0 Å². The van der Waals surface area contributed by atoms with E-state index >= 15 is 0 Å². The van der Waals surface area contributed by atoms with Crippen molar-refractivity contribution in [3.8, 4) is 0 Å². The molecule has 0 unspecified atom stereocenters. The molecule has 2 aromatic carbocycles. The number of hydrogen-bond acceptors (Lipinski definition) is 4. The molecule has 158 valence electrons. The zero-order valence-electron chi connectivity index (χ0n) is 16.2. The van der Waals surface area contributed by atoms with E-state index in [1.807, 2.05) is 12.1 Å². The highest BCUT2D eigenvalue weighted by atomic mass is 19.1. The molecule has 9 heteroatoms. The third-order valence-corrected chi connectivity index (χ3v) is 4.95. The van der Waals surface area contributed by atoms with Crippen LogP contribution in [0.5, 0.6) is 0 Å². The molecule has 1 aliphatic heterocycles. The Kier molecular flexibility index (Phi) is 6.61. The molecule has 0 spiro atoms. The van der Waals surface area contributed by atoms with Gasteiger partial charge in [-0.05, 0) is 49.2 Å². The molecule has 2 aromatic rings. The molecule has 1 aliphatic rings. The highest BCUT2D eigenvalue weighted by Gasteiger charge is 2.23. The lowest BCUT2D eigenvalue weighted by atomic mass is 9.96. The van der Waals surface area contributed by atoms with Crippen molar-refractivity contribution in [1.82, 2.24) is 5.32 Å². The van der Waals surface area contributed by atoms with Gasteiger partial charge in [0, 0.05) is 42.0 Å². The zero-order chi connectivity index (χ0) is 21.7. The lowest BCUT2D eigenvalue weighted by molar-refractivity contribution is -0.122. The van der Waals surface area contributed by atoms with Gasteiger partial charge in [-0.25, -0.2) is 8.78 Å². The largest absolute Gasteiger partial charge is 0.371 e. The van der Waals surface area contributed by atoms with E-state index in [2.05, 4.69) is 15.5 Å². The van der Waals surface area contributed by atoms with Gasteiger partial charge in [-0.3, -0.25) is 14.4 Å². The fourth-order valence-corrected chi connectivity index (χ4v) is 3.33. The Bertz CT molecular complexity index is 922. The summed E-state index contributed by atoms with van der Waals surface area (Å²) in [6, 6.07) is 9.62. The van der Waals surface area contributed by atoms with Gasteiger partial charge in [0.1, 0.15) is 11.6 Å². The van der Waals surface area contributed by atoms with Crippen molar-refractivity contribution in [3.05, 3.63) is 59.7 Å². The molecule has 1 heterocycles. The minimum Gasteiger partial charge on any atom is -0.371 e. The number of halogens is 2. The minimum absolute atomic E-state index is 0.0844. The zero-order valence-corrected chi connectivity index (χ0v) is 16.2. The number of anilines is 2. The van der Waals surface area contributed by atoms with Gasteiger partial charge in [0.05, 0.1) is 6.54 Å². The fraction of sp³-hybridized carbons (Fsp3) is 0.286. The molecule has 1 fully saturated rings. The first-order chi connectivity index (χ1) is 14.3. The van der Waals surface area contributed by atoms with Crippen molar-refractivity contribution >= 4 is 29.1 Å². The van der Waals surface area contributed by atoms with Crippen LogP contribution in [0.4, 0.5) is 20.2 Å². The van der Waals surface area contributed by atoms with Gasteiger partial charge in [0.25, 0.3) is 5.91 Å². The molecule has 0 saturated carbocycles. The second kappa shape index (κ2) is 9.34. The summed E-state index contributed by atoms with van der Waals surface area (Å²) >= 11 is 0. The van der Waals surface area contributed by atoms with Crippen LogP contribution >= 0.6 is 0 Å². The van der Waals surface area contributed by atoms with Crippen molar-refractivity contribution in [2.75, 3.05) is 29.9 Å². The number of rotatable bonds is 6. The molecular formula is C21H22F2N4O3. The Morgan fingerprint density at radius 1 is 1.00 bits per heavy atom. The third kappa shape index (κ3) is 5.53. The van der Waals surface area contributed by atoms with Crippen molar-refractivity contribution in [1.29, 1.82) is 0 Å². The number of piperidine rings is 1. The molecule has 3 amide bonds. The van der Waals surface area contributed by atoms with E-state index < -0.39 is 23.4 Å². The van der Waals surface area contributed by atoms with Gasteiger partial charge in [-0.15, -0.1) is 0 Å². The summed E-state index contributed by atoms with van der Waals surface area (Å²) in [6.07, 6.45) is 1.42. The Balaban J connectivity index is 1.49. The number of carbonyl (C=O) groups is 3. The quantitative estimate of drug-likeness (QED) is 0.670. The second-order valence-electron chi connectivity index (χ2n) is 7.10. The Morgan fingerprint density at radius 2 is 1.60 bits per heavy atom. The van der Waals surface area contributed by atoms with Crippen LogP contribution < -0.4 is 21.3 Å². The lowest BCUT2D eigenvalue weighted by Crippen LogP contribution is -2.38. The first-order valence-electron chi connectivity index (χ1n) is 9.50. The van der Waals surface area contributed by atoms with Crippen LogP contribution in [0, 0.1) is 17.6 Å². The minimum atomic E-state index is -0.872. The summed E-state index contributed by atoms with van der Waals surface area (Å²) in [5.74, 6) is -3.32. The van der Waals surface area contributed by atoms with Gasteiger partial charge in [0.2, 0.25) is 11.8 Å². The number of carbonyl (C=O) groups excluding carboxylic acids is 3. The number of hydrogen-bond donors (Lipinski definition) is 3. The molecule has 30 heavy (non-hydrogen) atoms. The Hall–Kier alpha value is -3.49. The fourth-order valence-electron chi connectivity index (χ4n) is 3.33. The van der Waals surface area contributed by atoms with Crippen LogP contribution in [0.2, 0.25) is 0 Å². The number of nitrogens with zero attached hydrogens (tertiary/aromatic N) is 1. The highest BCUT2D eigenvalue weighted by molar-refractivity contribution is 5.99. The average molecular weight is 416 g/mol. The predicted molar refractivity (Wildman–Crippen MR) is 108 cm³/mol. The summed E-state index contributed by atoms with van der Waals surface area (Å²) in [5.41, 5.74) is 6.66. The summed E-state index contributed by atoms with van der Waals surface area (Å²) in [6.45, 7) is 1.11. The summed E-state index contributed by atoms with van der Waals surface area (Å²) in [5, 5.41) is 4.96. The second-order valence-corrected chi connectivity index (χ2v) is 7.10. The molecular weight excluding hydrogens is 394 g/mol. The average Bonchev–Trinajstić information content (AvgIpc) is 2.72. The molecule has 0 aliphatic carbocycles. The first-order valence-corrected chi connectivity index (χ1v) is 9.50. The van der Waals surface area contributed by atoms with E-state index in [1.165, 1.54) is 0 Å². The van der Waals surface area contributed by atoms with Crippen LogP contribution in [0.1, 0.15) is 23.2 Å². The standard InChI is InChI=1S/C21H22F2N4O3/c22-15-9-14(10-16(23)11-15)21(30)25-12-19(28)26-17-1-3-18(4-2-17)27-7-5-13(6-8-27)20(24)29/h1-4,9-11,13H,5-8,12H2,(H2,24,29)(H,25,30)(H,26,28). The Morgan fingerprint density at radius 3 is 2.17 bits per heavy atom. The van der Waals surface area contributed by atoms with Crippen molar-refractivity contribution < 1.29 is 23.2 Å². The molecule has 7 nitrogen and oxygen atoms in total. The molecule has 0 bridgehead atoms. The van der Waals surface area contributed by atoms with Gasteiger partial charge in [-0.1, -0.05) is 0 Å². The summed E-state index contributed by atoms with van der Waals surface area (Å²) < 4.78 is 26.3. The molecule has 0 atom stereocenters. The Labute approximate surface area is 172 Å². The van der Waals surface area contributed by atoms with Gasteiger partial charge >= 0.3 is 0 Å². The van der Waals surface area contributed by atoms with Crippen LogP contribution in [0.15, 0.2) is 42.5 Å². The van der Waals surface area contributed by atoms with Crippen molar-refractivity contribution in [2.45, 2.75) is 12.8 Å². The van der Waals surface area contributed by atoms with Gasteiger partial charge < -0.3 is 21.3 Å². The number of nitrogens with two attached hydrogens (primary N) is 1. The number of amides is 3. The molecule has 0 aromatic heterocycles. The van der Waals surface area contributed by atoms with E-state index in [0.29, 0.717) is 24.6 Å². The summed E-state index contributed by atoms with van der Waals surface area (Å²) in [7, 11) is 0. The normalized spacial score (nSPS) is 14.3. The highest BCUT2D eigenvalue weighted by Crippen LogP contribution is 2.24. The summed E-state index contributed by atoms with van der Waals surface area (Å²) in [4.78, 5) is 37.4. The number of benzene rings is 2. The lowest BCUT2D eigenvalue weighted by Gasteiger charge is -2.32. The monoisotopic (exact) mass is 416 g/mol. The van der Waals surface area contributed by atoms with E-state index in [4.69, 9.17) is 5.73 Å². The molecule has 1 saturated heterocycles. The van der Waals surface area contributed by atoms with Crippen molar-refractivity contribution in [3.63, 3.8) is 0 Å². The third-order valence-electron chi connectivity index (χ3n) is 4.95.